The molecule has 4 heteroatoms. The van der Waals surface area contributed by atoms with Crippen molar-refractivity contribution in [3.8, 4) is 11.6 Å². The summed E-state index contributed by atoms with van der Waals surface area (Å²) >= 11 is 0. The lowest BCUT2D eigenvalue weighted by atomic mass is 9.92. The Morgan fingerprint density at radius 2 is 2.00 bits per heavy atom. The molecule has 0 spiro atoms. The van der Waals surface area contributed by atoms with Gasteiger partial charge in [0.25, 0.3) is 0 Å². The number of hydrogen-bond acceptors (Lipinski definition) is 3. The van der Waals surface area contributed by atoms with E-state index in [1.54, 1.807) is 4.68 Å². The Balaban J connectivity index is 1.90. The van der Waals surface area contributed by atoms with Gasteiger partial charge in [-0.3, -0.25) is 0 Å². The zero-order chi connectivity index (χ0) is 14.1. The number of aryl methyl sites for hydroxylation is 4. The first-order valence-electron chi connectivity index (χ1n) is 7.30. The molecule has 0 bridgehead atoms. The van der Waals surface area contributed by atoms with Gasteiger partial charge in [0.15, 0.2) is 0 Å². The monoisotopic (exact) mass is 271 g/mol. The molecule has 0 radical (unpaired) electrons. The molecule has 0 saturated heterocycles. The van der Waals surface area contributed by atoms with Crippen LogP contribution in [0.2, 0.25) is 0 Å². The van der Waals surface area contributed by atoms with Gasteiger partial charge in [0.1, 0.15) is 11.4 Å². The molecule has 0 saturated carbocycles. The van der Waals surface area contributed by atoms with Crippen LogP contribution in [0.1, 0.15) is 36.6 Å². The van der Waals surface area contributed by atoms with Gasteiger partial charge >= 0.3 is 0 Å². The molecule has 20 heavy (non-hydrogen) atoms. The van der Waals surface area contributed by atoms with E-state index in [0.717, 1.165) is 24.3 Å². The van der Waals surface area contributed by atoms with Gasteiger partial charge in [-0.15, -0.1) is 0 Å². The lowest BCUT2D eigenvalue weighted by Gasteiger charge is -2.16. The molecule has 2 N–H and O–H groups in total. The minimum atomic E-state index is 0.637. The normalized spacial score (nSPS) is 14.1. The zero-order valence-electron chi connectivity index (χ0n) is 12.1. The van der Waals surface area contributed by atoms with Crippen molar-refractivity contribution < 1.29 is 4.74 Å². The van der Waals surface area contributed by atoms with Gasteiger partial charge in [0.2, 0.25) is 5.88 Å². The second-order valence-electron chi connectivity index (χ2n) is 5.38. The van der Waals surface area contributed by atoms with Crippen molar-refractivity contribution in [2.75, 3.05) is 5.73 Å². The van der Waals surface area contributed by atoms with E-state index in [0.29, 0.717) is 11.6 Å². The summed E-state index contributed by atoms with van der Waals surface area (Å²) in [7, 11) is 1.86. The number of hydrogen-bond donors (Lipinski definition) is 1. The molecule has 106 valence electrons. The van der Waals surface area contributed by atoms with Crippen molar-refractivity contribution in [3.05, 3.63) is 35.0 Å². The number of nitrogen functional groups attached to an aromatic ring is 1. The van der Waals surface area contributed by atoms with Crippen molar-refractivity contribution in [2.45, 2.75) is 39.0 Å². The fraction of sp³-hybridized carbons (Fsp3) is 0.438. The molecule has 0 atom stereocenters. The van der Waals surface area contributed by atoms with Gasteiger partial charge in [0, 0.05) is 7.05 Å². The van der Waals surface area contributed by atoms with Gasteiger partial charge in [-0.1, -0.05) is 13.0 Å². The third kappa shape index (κ3) is 2.26. The van der Waals surface area contributed by atoms with Crippen LogP contribution in [0.25, 0.3) is 0 Å². The minimum absolute atomic E-state index is 0.637. The molecule has 1 aromatic carbocycles. The summed E-state index contributed by atoms with van der Waals surface area (Å²) in [4.78, 5) is 0. The first-order chi connectivity index (χ1) is 9.69. The van der Waals surface area contributed by atoms with Crippen molar-refractivity contribution >= 4 is 5.69 Å². The van der Waals surface area contributed by atoms with Gasteiger partial charge in [-0.05, 0) is 55.4 Å². The number of nitrogens with zero attached hydrogens (tertiary/aromatic N) is 2. The highest BCUT2D eigenvalue weighted by Gasteiger charge is 2.15. The second-order valence-corrected chi connectivity index (χ2v) is 5.38. The van der Waals surface area contributed by atoms with E-state index >= 15 is 0 Å². The van der Waals surface area contributed by atoms with Crippen LogP contribution < -0.4 is 10.5 Å². The quantitative estimate of drug-likeness (QED) is 0.932. The van der Waals surface area contributed by atoms with Crippen LogP contribution in [0.15, 0.2) is 18.2 Å². The molecule has 1 aliphatic rings. The molecule has 2 aromatic rings. The fourth-order valence-corrected chi connectivity index (χ4v) is 2.85. The molecule has 0 fully saturated rings. The van der Waals surface area contributed by atoms with Crippen LogP contribution in [0.5, 0.6) is 11.6 Å². The highest BCUT2D eigenvalue weighted by molar-refractivity contribution is 5.54. The maximum atomic E-state index is 6.09. The molecule has 1 aliphatic carbocycles. The summed E-state index contributed by atoms with van der Waals surface area (Å²) < 4.78 is 7.68. The van der Waals surface area contributed by atoms with Crippen LogP contribution >= 0.6 is 0 Å². The summed E-state index contributed by atoms with van der Waals surface area (Å²) in [5, 5.41) is 4.38. The van der Waals surface area contributed by atoms with Crippen LogP contribution in [-0.4, -0.2) is 9.78 Å². The summed E-state index contributed by atoms with van der Waals surface area (Å²) in [5.41, 5.74) is 10.5. The highest BCUT2D eigenvalue weighted by Crippen LogP contribution is 2.32. The van der Waals surface area contributed by atoms with E-state index in [1.165, 1.54) is 30.4 Å². The first kappa shape index (κ1) is 13.0. The molecule has 4 nitrogen and oxygen atoms in total. The Morgan fingerprint density at radius 1 is 1.25 bits per heavy atom. The van der Waals surface area contributed by atoms with Crippen molar-refractivity contribution in [1.29, 1.82) is 0 Å². The van der Waals surface area contributed by atoms with E-state index < -0.39 is 0 Å². The Morgan fingerprint density at radius 3 is 2.70 bits per heavy atom. The molecule has 3 rings (SSSR count). The Labute approximate surface area is 119 Å². The molecule has 0 unspecified atom stereocenters. The zero-order valence-corrected chi connectivity index (χ0v) is 12.1. The smallest absolute Gasteiger partial charge is 0.241 e. The number of aromatic nitrogens is 2. The van der Waals surface area contributed by atoms with Crippen molar-refractivity contribution in [1.82, 2.24) is 9.78 Å². The summed E-state index contributed by atoms with van der Waals surface area (Å²) in [6.07, 6.45) is 5.70. The number of anilines is 1. The van der Waals surface area contributed by atoms with E-state index in [1.807, 2.05) is 20.0 Å². The SMILES string of the molecule is CCc1nn(C)c(Oc2ccc3c(c2)CCCC3)c1N. The maximum absolute atomic E-state index is 6.09. The predicted molar refractivity (Wildman–Crippen MR) is 80.2 cm³/mol. The third-order valence-electron chi connectivity index (χ3n) is 3.98. The fourth-order valence-electron chi connectivity index (χ4n) is 2.85. The average molecular weight is 271 g/mol. The summed E-state index contributed by atoms with van der Waals surface area (Å²) in [6, 6.07) is 6.35. The number of nitrogens with two attached hydrogens (primary N) is 1. The Bertz CT molecular complexity index is 631. The maximum Gasteiger partial charge on any atom is 0.241 e. The molecule has 0 amide bonds. The molecule has 0 aliphatic heterocycles. The van der Waals surface area contributed by atoms with Crippen LogP contribution in [-0.2, 0) is 26.3 Å². The van der Waals surface area contributed by atoms with E-state index in [4.69, 9.17) is 10.5 Å². The molecular weight excluding hydrogens is 250 g/mol. The Hall–Kier alpha value is -1.97. The van der Waals surface area contributed by atoms with E-state index in [9.17, 15) is 0 Å². The summed E-state index contributed by atoms with van der Waals surface area (Å²) in [6.45, 7) is 2.04. The second kappa shape index (κ2) is 5.19. The van der Waals surface area contributed by atoms with Gasteiger partial charge in [-0.2, -0.15) is 5.10 Å². The van der Waals surface area contributed by atoms with Crippen LogP contribution in [0.4, 0.5) is 5.69 Å². The molecular formula is C16H21N3O. The number of fused-ring (bicyclic) bond motifs is 1. The topological polar surface area (TPSA) is 53.1 Å². The lowest BCUT2D eigenvalue weighted by molar-refractivity contribution is 0.431. The van der Waals surface area contributed by atoms with Crippen molar-refractivity contribution in [2.24, 2.45) is 7.05 Å². The number of ether oxygens (including phenoxy) is 1. The average Bonchev–Trinajstić information content (AvgIpc) is 2.74. The first-order valence-corrected chi connectivity index (χ1v) is 7.30. The van der Waals surface area contributed by atoms with Crippen LogP contribution in [0.3, 0.4) is 0 Å². The minimum Gasteiger partial charge on any atom is -0.437 e. The molecule has 1 aromatic heterocycles. The molecule has 1 heterocycles. The van der Waals surface area contributed by atoms with E-state index in [-0.39, 0.29) is 0 Å². The Kier molecular flexibility index (Phi) is 3.38. The number of rotatable bonds is 3. The highest BCUT2D eigenvalue weighted by atomic mass is 16.5. The summed E-state index contributed by atoms with van der Waals surface area (Å²) in [5.74, 6) is 1.49. The standard InChI is InChI=1S/C16H21N3O/c1-3-14-15(17)16(19(2)18-14)20-13-9-8-11-6-4-5-7-12(11)10-13/h8-10H,3-7,17H2,1-2H3. The van der Waals surface area contributed by atoms with Crippen LogP contribution in [0, 0.1) is 0 Å². The van der Waals surface area contributed by atoms with Gasteiger partial charge in [0.05, 0.1) is 5.69 Å². The van der Waals surface area contributed by atoms with Gasteiger partial charge < -0.3 is 10.5 Å². The number of benzene rings is 1. The largest absolute Gasteiger partial charge is 0.437 e. The van der Waals surface area contributed by atoms with Crippen molar-refractivity contribution in [3.63, 3.8) is 0 Å². The predicted octanol–water partition coefficient (Wildman–Crippen LogP) is 3.24. The lowest BCUT2D eigenvalue weighted by Crippen LogP contribution is -2.03. The third-order valence-corrected chi connectivity index (χ3v) is 3.98. The van der Waals surface area contributed by atoms with Gasteiger partial charge in [-0.25, -0.2) is 4.68 Å². The van der Waals surface area contributed by atoms with E-state index in [2.05, 4.69) is 17.2 Å².